The second-order valence-electron chi connectivity index (χ2n) is 8.60. The van der Waals surface area contributed by atoms with Crippen LogP contribution in [0.2, 0.25) is 0 Å². The molecule has 0 aromatic heterocycles. The lowest BCUT2D eigenvalue weighted by molar-refractivity contribution is -0.0307. The molecule has 0 saturated carbocycles. The Bertz CT molecular complexity index is 269. The predicted molar refractivity (Wildman–Crippen MR) is 103 cm³/mol. The average molecular weight is 329 g/mol. The van der Waals surface area contributed by atoms with Crippen molar-refractivity contribution < 1.29 is 4.74 Å². The molecule has 1 N–H and O–H groups in total. The highest BCUT2D eigenvalue weighted by Gasteiger charge is 2.18. The maximum Gasteiger partial charge on any atom is 0.0626 e. The second kappa shape index (κ2) is 12.3. The second-order valence-corrected chi connectivity index (χ2v) is 8.60. The summed E-state index contributed by atoms with van der Waals surface area (Å²) >= 11 is 0. The van der Waals surface area contributed by atoms with E-state index >= 15 is 0 Å². The van der Waals surface area contributed by atoms with Crippen LogP contribution in [0.25, 0.3) is 0 Å². The predicted octanol–water partition coefficient (Wildman–Crippen LogP) is 4.56. The quantitative estimate of drug-likeness (QED) is 0.706. The van der Waals surface area contributed by atoms with Gasteiger partial charge in [0.25, 0.3) is 0 Å². The minimum Gasteiger partial charge on any atom is -0.376 e. The van der Waals surface area contributed by atoms with Crippen LogP contribution >= 0.6 is 0 Å². The first kappa shape index (κ1) is 22.9. The number of piperazine rings is 1. The molecule has 1 aliphatic heterocycles. The molecule has 23 heavy (non-hydrogen) atoms. The van der Waals surface area contributed by atoms with Gasteiger partial charge in [-0.1, -0.05) is 27.7 Å². The Hall–Kier alpha value is -0.120. The number of hydrogen-bond donors (Lipinski definition) is 1. The molecule has 0 radical (unpaired) electrons. The van der Waals surface area contributed by atoms with E-state index in [9.17, 15) is 0 Å². The molecule has 0 aromatic rings. The lowest BCUT2D eigenvalue weighted by Gasteiger charge is -2.30. The van der Waals surface area contributed by atoms with E-state index in [1.165, 1.54) is 32.4 Å². The molecular weight excluding hydrogens is 284 g/mol. The molecule has 0 aromatic carbocycles. The molecule has 1 saturated heterocycles. The van der Waals surface area contributed by atoms with E-state index in [1.807, 2.05) is 0 Å². The Labute approximate surface area is 146 Å². The van der Waals surface area contributed by atoms with Crippen LogP contribution < -0.4 is 5.32 Å². The van der Waals surface area contributed by atoms with E-state index in [2.05, 4.69) is 65.6 Å². The first-order valence-corrected chi connectivity index (χ1v) is 9.72. The molecule has 0 unspecified atom stereocenters. The summed E-state index contributed by atoms with van der Waals surface area (Å²) in [7, 11) is 0. The third kappa shape index (κ3) is 14.0. The Morgan fingerprint density at radius 2 is 1.43 bits per heavy atom. The van der Waals surface area contributed by atoms with Crippen LogP contribution in [-0.2, 0) is 4.74 Å². The van der Waals surface area contributed by atoms with E-state index in [4.69, 9.17) is 4.74 Å². The van der Waals surface area contributed by atoms with Gasteiger partial charge in [0.1, 0.15) is 0 Å². The van der Waals surface area contributed by atoms with Crippen LogP contribution in [0.3, 0.4) is 0 Å². The van der Waals surface area contributed by atoms with Crippen LogP contribution in [-0.4, -0.2) is 49.3 Å². The number of nitrogens with one attached hydrogen (secondary N) is 1. The Balaban J connectivity index is 0.000000459. The number of nitrogens with zero attached hydrogens (tertiary/aromatic N) is 1. The van der Waals surface area contributed by atoms with Gasteiger partial charge in [-0.2, -0.15) is 0 Å². The van der Waals surface area contributed by atoms with E-state index in [-0.39, 0.29) is 5.60 Å². The Kier molecular flexibility index (Phi) is 12.2. The van der Waals surface area contributed by atoms with Gasteiger partial charge in [-0.25, -0.2) is 0 Å². The Morgan fingerprint density at radius 3 is 1.83 bits per heavy atom. The Morgan fingerprint density at radius 1 is 0.913 bits per heavy atom. The van der Waals surface area contributed by atoms with E-state index < -0.39 is 0 Å². The van der Waals surface area contributed by atoms with Crippen molar-refractivity contribution in [3.63, 3.8) is 0 Å². The molecule has 1 heterocycles. The lowest BCUT2D eigenvalue weighted by Crippen LogP contribution is -2.46. The fourth-order valence-electron chi connectivity index (χ4n) is 2.48. The molecule has 1 fully saturated rings. The molecule has 0 amide bonds. The highest BCUT2D eigenvalue weighted by molar-refractivity contribution is 4.70. The highest BCUT2D eigenvalue weighted by Crippen LogP contribution is 2.20. The van der Waals surface area contributed by atoms with Gasteiger partial charge in [-0.3, -0.25) is 4.90 Å². The van der Waals surface area contributed by atoms with Crippen molar-refractivity contribution in [1.29, 1.82) is 0 Å². The minimum atomic E-state index is 0.0686. The van der Waals surface area contributed by atoms with Gasteiger partial charge < -0.3 is 10.1 Å². The fourth-order valence-corrected chi connectivity index (χ4v) is 2.48. The maximum atomic E-state index is 5.89. The van der Waals surface area contributed by atoms with Crippen molar-refractivity contribution in [2.75, 3.05) is 32.8 Å². The third-order valence-corrected chi connectivity index (χ3v) is 4.39. The summed E-state index contributed by atoms with van der Waals surface area (Å²) in [5, 5.41) is 3.33. The van der Waals surface area contributed by atoms with Gasteiger partial charge in [0, 0.05) is 38.8 Å². The summed E-state index contributed by atoms with van der Waals surface area (Å²) < 4.78 is 5.89. The summed E-state index contributed by atoms with van der Waals surface area (Å²) in [6, 6.07) is 0.729. The third-order valence-electron chi connectivity index (χ3n) is 4.39. The summed E-state index contributed by atoms with van der Waals surface area (Å²) in [5.41, 5.74) is 0.0686. The molecule has 3 nitrogen and oxygen atoms in total. The molecule has 0 bridgehead atoms. The number of rotatable bonds is 8. The van der Waals surface area contributed by atoms with Crippen molar-refractivity contribution in [2.45, 2.75) is 86.3 Å². The first-order valence-electron chi connectivity index (χ1n) is 9.72. The monoisotopic (exact) mass is 328 g/mol. The molecule has 0 atom stereocenters. The van der Waals surface area contributed by atoms with Crippen LogP contribution in [0.4, 0.5) is 0 Å². The minimum absolute atomic E-state index is 0.0686. The van der Waals surface area contributed by atoms with Gasteiger partial charge in [0.15, 0.2) is 0 Å². The van der Waals surface area contributed by atoms with Gasteiger partial charge in [-0.05, 0) is 58.8 Å². The first-order chi connectivity index (χ1) is 10.6. The van der Waals surface area contributed by atoms with Crippen molar-refractivity contribution in [1.82, 2.24) is 10.2 Å². The topological polar surface area (TPSA) is 24.5 Å². The average Bonchev–Trinajstić information content (AvgIpc) is 2.46. The van der Waals surface area contributed by atoms with E-state index in [0.717, 1.165) is 37.6 Å². The van der Waals surface area contributed by atoms with Gasteiger partial charge >= 0.3 is 0 Å². The lowest BCUT2D eigenvalue weighted by atomic mass is 9.97. The fraction of sp³-hybridized carbons (Fsp3) is 1.00. The maximum absolute atomic E-state index is 5.89. The zero-order chi connectivity index (χ0) is 17.9. The zero-order valence-electron chi connectivity index (χ0n) is 17.2. The summed E-state index contributed by atoms with van der Waals surface area (Å²) in [5.74, 6) is 1.53. The molecule has 0 aliphatic carbocycles. The molecule has 0 spiro atoms. The number of hydrogen-bond acceptors (Lipinski definition) is 3. The van der Waals surface area contributed by atoms with Crippen molar-refractivity contribution >= 4 is 0 Å². The molecule has 140 valence electrons. The molecule has 1 aliphatic rings. The standard InChI is InChI=1S/C13H28O.C7H16N2/c1-11(2)7-9-13(5,6)14-10-8-12(3)4;1-7(2)9-5-3-8-4-6-9/h11-12H,7-10H2,1-6H3;7-8H,3-6H2,1-2H3. The molecule has 3 heteroatoms. The molecular formula is C20H44N2O. The molecule has 1 rings (SSSR count). The van der Waals surface area contributed by atoms with Crippen molar-refractivity contribution in [2.24, 2.45) is 11.8 Å². The highest BCUT2D eigenvalue weighted by atomic mass is 16.5. The van der Waals surface area contributed by atoms with Gasteiger partial charge in [-0.15, -0.1) is 0 Å². The van der Waals surface area contributed by atoms with E-state index in [0.29, 0.717) is 0 Å². The largest absolute Gasteiger partial charge is 0.376 e. The van der Waals surface area contributed by atoms with E-state index in [1.54, 1.807) is 0 Å². The van der Waals surface area contributed by atoms with Crippen LogP contribution in [0.5, 0.6) is 0 Å². The normalized spacial score (nSPS) is 16.8. The van der Waals surface area contributed by atoms with Gasteiger partial charge in [0.2, 0.25) is 0 Å². The van der Waals surface area contributed by atoms with Gasteiger partial charge in [0.05, 0.1) is 5.60 Å². The van der Waals surface area contributed by atoms with Crippen LogP contribution in [0.15, 0.2) is 0 Å². The van der Waals surface area contributed by atoms with Crippen LogP contribution in [0.1, 0.15) is 74.7 Å². The van der Waals surface area contributed by atoms with Crippen LogP contribution in [0, 0.1) is 11.8 Å². The van der Waals surface area contributed by atoms with Crippen molar-refractivity contribution in [3.05, 3.63) is 0 Å². The summed E-state index contributed by atoms with van der Waals surface area (Å²) in [6.07, 6.45) is 3.60. The summed E-state index contributed by atoms with van der Waals surface area (Å²) in [4.78, 5) is 2.50. The number of ether oxygens (including phenoxy) is 1. The summed E-state index contributed by atoms with van der Waals surface area (Å²) in [6.45, 7) is 23.6. The SMILES string of the molecule is CC(C)CCOC(C)(C)CCC(C)C.CC(C)N1CCNCC1. The smallest absolute Gasteiger partial charge is 0.0626 e. The van der Waals surface area contributed by atoms with Crippen molar-refractivity contribution in [3.8, 4) is 0 Å². The zero-order valence-corrected chi connectivity index (χ0v) is 17.2.